The van der Waals surface area contributed by atoms with Crippen molar-refractivity contribution in [3.63, 3.8) is 0 Å². The molecule has 33 heavy (non-hydrogen) atoms. The Kier molecular flexibility index (Phi) is 6.22. The molecule has 0 N–H and O–H groups in total. The zero-order valence-corrected chi connectivity index (χ0v) is 18.4. The third kappa shape index (κ3) is 4.08. The van der Waals surface area contributed by atoms with Crippen molar-refractivity contribution in [2.24, 2.45) is 0 Å². The van der Waals surface area contributed by atoms with Crippen LogP contribution >= 0.6 is 0 Å². The lowest BCUT2D eigenvalue weighted by molar-refractivity contribution is 0.0549. The monoisotopic (exact) mass is 442 g/mol. The highest BCUT2D eigenvalue weighted by molar-refractivity contribution is 6.07. The first-order chi connectivity index (χ1) is 16.1. The van der Waals surface area contributed by atoms with E-state index < -0.39 is 11.9 Å². The Labute approximate surface area is 191 Å². The number of esters is 2. The number of aromatic nitrogens is 2. The van der Waals surface area contributed by atoms with E-state index in [1.165, 1.54) is 18.9 Å². The van der Waals surface area contributed by atoms with E-state index in [0.29, 0.717) is 16.9 Å². The fraction of sp³-hybridized carbons (Fsp3) is 0.115. The third-order valence-electron chi connectivity index (χ3n) is 5.24. The number of para-hydroxylation sites is 1. The zero-order chi connectivity index (χ0) is 23.4. The van der Waals surface area contributed by atoms with Gasteiger partial charge in [-0.15, -0.1) is 0 Å². The van der Waals surface area contributed by atoms with Crippen molar-refractivity contribution in [3.8, 4) is 33.8 Å². The van der Waals surface area contributed by atoms with Crippen LogP contribution in [0.2, 0.25) is 0 Å². The van der Waals surface area contributed by atoms with E-state index in [1.807, 2.05) is 66.7 Å². The van der Waals surface area contributed by atoms with Crippen LogP contribution < -0.4 is 4.74 Å². The topological polar surface area (TPSA) is 79.7 Å². The van der Waals surface area contributed by atoms with Gasteiger partial charge in [0, 0.05) is 5.56 Å². The lowest BCUT2D eigenvalue weighted by atomic mass is 9.95. The molecule has 0 amide bonds. The molecule has 0 radical (unpaired) electrons. The number of carbonyl (C=O) groups excluding carboxylic acids is 2. The molecule has 0 atom stereocenters. The largest absolute Gasteiger partial charge is 0.497 e. The van der Waals surface area contributed by atoms with Crippen molar-refractivity contribution in [2.75, 3.05) is 21.3 Å². The molecule has 4 rings (SSSR count). The Morgan fingerprint density at radius 3 is 1.94 bits per heavy atom. The number of ether oxygens (including phenoxy) is 3. The molecule has 166 valence electrons. The summed E-state index contributed by atoms with van der Waals surface area (Å²) in [7, 11) is 4.13. The van der Waals surface area contributed by atoms with Crippen molar-refractivity contribution in [1.82, 2.24) is 9.78 Å². The Morgan fingerprint density at radius 2 is 1.33 bits per heavy atom. The quantitative estimate of drug-likeness (QED) is 0.400. The highest BCUT2D eigenvalue weighted by atomic mass is 16.5. The summed E-state index contributed by atoms with van der Waals surface area (Å²) in [4.78, 5) is 25.7. The van der Waals surface area contributed by atoms with Crippen LogP contribution in [0, 0.1) is 0 Å². The van der Waals surface area contributed by atoms with E-state index in [4.69, 9.17) is 19.3 Å². The van der Waals surface area contributed by atoms with Crippen LogP contribution in [0.3, 0.4) is 0 Å². The normalized spacial score (nSPS) is 10.5. The average Bonchev–Trinajstić information content (AvgIpc) is 3.29. The summed E-state index contributed by atoms with van der Waals surface area (Å²) < 4.78 is 16.7. The summed E-state index contributed by atoms with van der Waals surface area (Å²) in [6.45, 7) is 0. The molecule has 7 heteroatoms. The summed E-state index contributed by atoms with van der Waals surface area (Å²) >= 11 is 0. The van der Waals surface area contributed by atoms with E-state index >= 15 is 0 Å². The van der Waals surface area contributed by atoms with Crippen molar-refractivity contribution in [1.29, 1.82) is 0 Å². The summed E-state index contributed by atoms with van der Waals surface area (Å²) in [5.74, 6) is -0.648. The molecule has 0 unspecified atom stereocenters. The molecule has 3 aromatic carbocycles. The van der Waals surface area contributed by atoms with Gasteiger partial charge in [-0.3, -0.25) is 0 Å². The van der Waals surface area contributed by atoms with E-state index in [9.17, 15) is 9.59 Å². The van der Waals surface area contributed by atoms with Crippen LogP contribution in [0.25, 0.3) is 28.1 Å². The molecule has 0 fully saturated rings. The molecule has 0 aliphatic rings. The van der Waals surface area contributed by atoms with Gasteiger partial charge < -0.3 is 14.2 Å². The molecular weight excluding hydrogens is 420 g/mol. The van der Waals surface area contributed by atoms with Gasteiger partial charge in [0.2, 0.25) is 0 Å². The second kappa shape index (κ2) is 9.40. The van der Waals surface area contributed by atoms with Gasteiger partial charge in [-0.25, -0.2) is 14.3 Å². The van der Waals surface area contributed by atoms with Gasteiger partial charge in [-0.05, 0) is 35.4 Å². The third-order valence-corrected chi connectivity index (χ3v) is 5.24. The molecule has 1 aromatic heterocycles. The first-order valence-electron chi connectivity index (χ1n) is 10.2. The molecule has 0 saturated carbocycles. The minimum Gasteiger partial charge on any atom is -0.497 e. The molecule has 0 spiro atoms. The molecule has 4 aromatic rings. The minimum atomic E-state index is -0.695. The Bertz CT molecular complexity index is 1290. The van der Waals surface area contributed by atoms with E-state index in [0.717, 1.165) is 16.9 Å². The van der Waals surface area contributed by atoms with Crippen LogP contribution in [0.4, 0.5) is 0 Å². The molecule has 0 aliphatic heterocycles. The van der Waals surface area contributed by atoms with Gasteiger partial charge in [-0.1, -0.05) is 54.6 Å². The van der Waals surface area contributed by atoms with E-state index in [2.05, 4.69) is 0 Å². The lowest BCUT2D eigenvalue weighted by Crippen LogP contribution is -2.15. The second-order valence-corrected chi connectivity index (χ2v) is 7.08. The SMILES string of the molecule is COC(=O)c1c(-c2ccccc2-c2ccc(OC)cc2)nn(-c2ccccc2)c1C(=O)OC. The minimum absolute atomic E-state index is 0.00455. The lowest BCUT2D eigenvalue weighted by Gasteiger charge is -2.10. The van der Waals surface area contributed by atoms with Gasteiger partial charge in [0.05, 0.1) is 27.0 Å². The molecule has 0 saturated heterocycles. The fourth-order valence-corrected chi connectivity index (χ4v) is 3.66. The second-order valence-electron chi connectivity index (χ2n) is 7.08. The number of hydrogen-bond acceptors (Lipinski definition) is 6. The van der Waals surface area contributed by atoms with Gasteiger partial charge in [0.15, 0.2) is 5.69 Å². The Hall–Kier alpha value is -4.39. The predicted molar refractivity (Wildman–Crippen MR) is 124 cm³/mol. The maximum Gasteiger partial charge on any atom is 0.357 e. The van der Waals surface area contributed by atoms with Gasteiger partial charge in [0.25, 0.3) is 0 Å². The maximum absolute atomic E-state index is 12.9. The number of carbonyl (C=O) groups is 2. The first kappa shape index (κ1) is 21.8. The summed E-state index contributed by atoms with van der Waals surface area (Å²) in [6, 6.07) is 24.2. The van der Waals surface area contributed by atoms with Crippen LogP contribution in [-0.2, 0) is 9.47 Å². The standard InChI is InChI=1S/C26H22N2O5/c1-31-19-15-13-17(14-16-19)20-11-7-8-12-21(20)23-22(25(29)32-2)24(26(30)33-3)28(27-23)18-9-5-4-6-10-18/h4-16H,1-3H3. The highest BCUT2D eigenvalue weighted by Gasteiger charge is 2.32. The van der Waals surface area contributed by atoms with Gasteiger partial charge in [-0.2, -0.15) is 5.10 Å². The van der Waals surface area contributed by atoms with Crippen molar-refractivity contribution >= 4 is 11.9 Å². The number of benzene rings is 3. The zero-order valence-electron chi connectivity index (χ0n) is 18.4. The van der Waals surface area contributed by atoms with Crippen molar-refractivity contribution in [3.05, 3.63) is 90.1 Å². The molecule has 1 heterocycles. The van der Waals surface area contributed by atoms with Crippen molar-refractivity contribution in [2.45, 2.75) is 0 Å². The molecule has 7 nitrogen and oxygen atoms in total. The Morgan fingerprint density at radius 1 is 0.727 bits per heavy atom. The fourth-order valence-electron chi connectivity index (χ4n) is 3.66. The van der Waals surface area contributed by atoms with Crippen LogP contribution in [0.1, 0.15) is 20.8 Å². The first-order valence-corrected chi connectivity index (χ1v) is 10.2. The van der Waals surface area contributed by atoms with Crippen molar-refractivity contribution < 1.29 is 23.8 Å². The number of methoxy groups -OCH3 is 3. The van der Waals surface area contributed by atoms with E-state index in [-0.39, 0.29) is 11.3 Å². The number of nitrogens with zero attached hydrogens (tertiary/aromatic N) is 2. The number of hydrogen-bond donors (Lipinski definition) is 0. The van der Waals surface area contributed by atoms with Crippen LogP contribution in [0.5, 0.6) is 5.75 Å². The van der Waals surface area contributed by atoms with Gasteiger partial charge in [0.1, 0.15) is 17.0 Å². The maximum atomic E-state index is 12.9. The smallest absolute Gasteiger partial charge is 0.357 e. The van der Waals surface area contributed by atoms with Crippen LogP contribution in [-0.4, -0.2) is 43.0 Å². The molecular formula is C26H22N2O5. The van der Waals surface area contributed by atoms with Gasteiger partial charge >= 0.3 is 11.9 Å². The summed E-state index contributed by atoms with van der Waals surface area (Å²) in [6.07, 6.45) is 0. The number of rotatable bonds is 6. The average molecular weight is 442 g/mol. The summed E-state index contributed by atoms with van der Waals surface area (Å²) in [5, 5.41) is 4.70. The Balaban J connectivity index is 2.01. The van der Waals surface area contributed by atoms with Crippen LogP contribution in [0.15, 0.2) is 78.9 Å². The van der Waals surface area contributed by atoms with E-state index in [1.54, 1.807) is 19.2 Å². The molecule has 0 aliphatic carbocycles. The summed E-state index contributed by atoms with van der Waals surface area (Å²) in [5.41, 5.74) is 3.36. The highest BCUT2D eigenvalue weighted by Crippen LogP contribution is 2.36. The molecule has 0 bridgehead atoms. The predicted octanol–water partition coefficient (Wildman–Crippen LogP) is 4.79.